The van der Waals surface area contributed by atoms with Crippen LogP contribution < -0.4 is 10.1 Å². The van der Waals surface area contributed by atoms with Crippen LogP contribution in [0.1, 0.15) is 18.4 Å². The Morgan fingerprint density at radius 3 is 2.81 bits per heavy atom. The van der Waals surface area contributed by atoms with E-state index in [0.717, 1.165) is 0 Å². The molecule has 21 heavy (non-hydrogen) atoms. The Kier molecular flexibility index (Phi) is 4.76. The first-order chi connectivity index (χ1) is 10.1. The monoisotopic (exact) mass is 292 g/mol. The molecule has 6 heteroatoms. The fourth-order valence-electron chi connectivity index (χ4n) is 2.30. The van der Waals surface area contributed by atoms with Crippen LogP contribution in [0.2, 0.25) is 0 Å². The zero-order valence-corrected chi connectivity index (χ0v) is 11.8. The highest BCUT2D eigenvalue weighted by Gasteiger charge is 2.34. The van der Waals surface area contributed by atoms with Crippen LogP contribution in [0.15, 0.2) is 18.2 Å². The second-order valence-electron chi connectivity index (χ2n) is 5.00. The summed E-state index contributed by atoms with van der Waals surface area (Å²) in [5, 5.41) is 12.0. The van der Waals surface area contributed by atoms with Crippen molar-refractivity contribution >= 4 is 5.91 Å². The number of halogens is 1. The number of benzene rings is 1. The summed E-state index contributed by atoms with van der Waals surface area (Å²) in [5.74, 6) is -0.677. The lowest BCUT2D eigenvalue weighted by Crippen LogP contribution is -2.51. The Balaban J connectivity index is 2.01. The lowest BCUT2D eigenvalue weighted by atomic mass is 9.91. The molecule has 1 aromatic carbocycles. The van der Waals surface area contributed by atoms with Gasteiger partial charge in [0.1, 0.15) is 5.54 Å². The fourth-order valence-corrected chi connectivity index (χ4v) is 2.30. The Labute approximate surface area is 122 Å². The summed E-state index contributed by atoms with van der Waals surface area (Å²) in [5.41, 5.74) is -0.341. The number of hydrogen-bond donors (Lipinski definition) is 1. The first-order valence-electron chi connectivity index (χ1n) is 6.71. The minimum absolute atomic E-state index is 0.0190. The first-order valence-corrected chi connectivity index (χ1v) is 6.71. The third kappa shape index (κ3) is 3.70. The fraction of sp³-hybridized carbons (Fsp3) is 0.467. The Hall–Kier alpha value is -2.13. The van der Waals surface area contributed by atoms with Gasteiger partial charge in [-0.05, 0) is 17.7 Å². The molecule has 1 N–H and O–H groups in total. The minimum Gasteiger partial charge on any atom is -0.494 e. The predicted molar refractivity (Wildman–Crippen MR) is 73.2 cm³/mol. The summed E-state index contributed by atoms with van der Waals surface area (Å²) in [6.45, 7) is 0.899. The summed E-state index contributed by atoms with van der Waals surface area (Å²) < 4.78 is 23.6. The van der Waals surface area contributed by atoms with Gasteiger partial charge in [-0.15, -0.1) is 0 Å². The molecule has 1 aliphatic heterocycles. The van der Waals surface area contributed by atoms with Crippen molar-refractivity contribution in [3.63, 3.8) is 0 Å². The van der Waals surface area contributed by atoms with Crippen molar-refractivity contribution in [3.8, 4) is 11.8 Å². The van der Waals surface area contributed by atoms with E-state index in [0.29, 0.717) is 31.6 Å². The lowest BCUT2D eigenvalue weighted by molar-refractivity contribution is -0.122. The molecular formula is C15H17FN2O3. The molecule has 0 bridgehead atoms. The van der Waals surface area contributed by atoms with Crippen LogP contribution in [0.3, 0.4) is 0 Å². The van der Waals surface area contributed by atoms with Crippen molar-refractivity contribution < 1.29 is 18.7 Å². The molecule has 112 valence electrons. The standard InChI is InChI=1S/C15H17FN2O3/c1-20-13-3-2-11(8-12(13)16)9-14(19)18-15(10-17)4-6-21-7-5-15/h2-3,8H,4-7,9H2,1H3,(H,18,19). The summed E-state index contributed by atoms with van der Waals surface area (Å²) in [6, 6.07) is 6.53. The van der Waals surface area contributed by atoms with Crippen LogP contribution in [0.25, 0.3) is 0 Å². The lowest BCUT2D eigenvalue weighted by Gasteiger charge is -2.31. The number of nitrogens with one attached hydrogen (secondary N) is 1. The molecule has 1 fully saturated rings. The van der Waals surface area contributed by atoms with Crippen LogP contribution in [0, 0.1) is 17.1 Å². The third-order valence-electron chi connectivity index (χ3n) is 3.52. The minimum atomic E-state index is -0.875. The number of nitrogens with zero attached hydrogens (tertiary/aromatic N) is 1. The third-order valence-corrected chi connectivity index (χ3v) is 3.52. The van der Waals surface area contributed by atoms with Gasteiger partial charge >= 0.3 is 0 Å². The van der Waals surface area contributed by atoms with Crippen molar-refractivity contribution in [2.45, 2.75) is 24.8 Å². The molecule has 1 saturated heterocycles. The van der Waals surface area contributed by atoms with Gasteiger partial charge < -0.3 is 14.8 Å². The molecule has 0 unspecified atom stereocenters. The van der Waals surface area contributed by atoms with Crippen LogP contribution in [0.4, 0.5) is 4.39 Å². The highest BCUT2D eigenvalue weighted by Crippen LogP contribution is 2.21. The molecule has 0 saturated carbocycles. The van der Waals surface area contributed by atoms with E-state index >= 15 is 0 Å². The van der Waals surface area contributed by atoms with E-state index in [9.17, 15) is 14.4 Å². The number of nitriles is 1. The molecule has 0 aliphatic carbocycles. The molecular weight excluding hydrogens is 275 g/mol. The quantitative estimate of drug-likeness (QED) is 0.914. The number of methoxy groups -OCH3 is 1. The molecule has 0 spiro atoms. The van der Waals surface area contributed by atoms with Crippen LogP contribution in [0.5, 0.6) is 5.75 Å². The zero-order valence-electron chi connectivity index (χ0n) is 11.8. The van der Waals surface area contributed by atoms with E-state index in [1.54, 1.807) is 6.07 Å². The molecule has 0 aromatic heterocycles. The summed E-state index contributed by atoms with van der Waals surface area (Å²) in [4.78, 5) is 12.1. The molecule has 1 aromatic rings. The van der Waals surface area contributed by atoms with Crippen LogP contribution >= 0.6 is 0 Å². The van der Waals surface area contributed by atoms with E-state index < -0.39 is 11.4 Å². The maximum absolute atomic E-state index is 13.6. The van der Waals surface area contributed by atoms with Crippen LogP contribution in [-0.2, 0) is 16.0 Å². The van der Waals surface area contributed by atoms with Gasteiger partial charge in [0.2, 0.25) is 5.91 Å². The van der Waals surface area contributed by atoms with Gasteiger partial charge in [-0.2, -0.15) is 5.26 Å². The van der Waals surface area contributed by atoms with Gasteiger partial charge in [-0.1, -0.05) is 6.07 Å². The first kappa shape index (κ1) is 15.3. The molecule has 1 heterocycles. The highest BCUT2D eigenvalue weighted by molar-refractivity contribution is 5.79. The van der Waals surface area contributed by atoms with Gasteiger partial charge in [-0.3, -0.25) is 4.79 Å². The van der Waals surface area contributed by atoms with E-state index in [1.807, 2.05) is 0 Å². The largest absolute Gasteiger partial charge is 0.494 e. The van der Waals surface area contributed by atoms with Crippen molar-refractivity contribution in [1.29, 1.82) is 5.26 Å². The van der Waals surface area contributed by atoms with Gasteiger partial charge in [0.15, 0.2) is 11.6 Å². The second-order valence-corrected chi connectivity index (χ2v) is 5.00. The smallest absolute Gasteiger partial charge is 0.225 e. The molecule has 1 aliphatic rings. The maximum atomic E-state index is 13.6. The number of amides is 1. The second kappa shape index (κ2) is 6.55. The number of rotatable bonds is 4. The molecule has 5 nitrogen and oxygen atoms in total. The van der Waals surface area contributed by atoms with Gasteiger partial charge in [0, 0.05) is 26.1 Å². The topological polar surface area (TPSA) is 71.3 Å². The highest BCUT2D eigenvalue weighted by atomic mass is 19.1. The van der Waals surface area contributed by atoms with E-state index in [2.05, 4.69) is 11.4 Å². The zero-order chi connectivity index (χ0) is 15.3. The number of carbonyl (C=O) groups excluding carboxylic acids is 1. The summed E-state index contributed by atoms with van der Waals surface area (Å²) >= 11 is 0. The normalized spacial score (nSPS) is 16.8. The van der Waals surface area contributed by atoms with Crippen LogP contribution in [-0.4, -0.2) is 31.8 Å². The van der Waals surface area contributed by atoms with Crippen molar-refractivity contribution in [2.24, 2.45) is 0 Å². The molecule has 2 rings (SSSR count). The number of hydrogen-bond acceptors (Lipinski definition) is 4. The Morgan fingerprint density at radius 1 is 1.52 bits per heavy atom. The van der Waals surface area contributed by atoms with Crippen molar-refractivity contribution in [1.82, 2.24) is 5.32 Å². The predicted octanol–water partition coefficient (Wildman–Crippen LogP) is 1.57. The molecule has 1 amide bonds. The number of carbonyl (C=O) groups is 1. The summed E-state index contributed by atoms with van der Waals surface area (Å²) in [7, 11) is 1.38. The Morgan fingerprint density at radius 2 is 2.24 bits per heavy atom. The van der Waals surface area contributed by atoms with Gasteiger partial charge in [-0.25, -0.2) is 4.39 Å². The van der Waals surface area contributed by atoms with E-state index in [1.165, 1.54) is 19.2 Å². The van der Waals surface area contributed by atoms with Gasteiger partial charge in [0.05, 0.1) is 19.6 Å². The van der Waals surface area contributed by atoms with E-state index in [-0.39, 0.29) is 18.1 Å². The average molecular weight is 292 g/mol. The average Bonchev–Trinajstić information content (AvgIpc) is 2.48. The molecule has 0 radical (unpaired) electrons. The Bertz CT molecular complexity index is 563. The van der Waals surface area contributed by atoms with E-state index in [4.69, 9.17) is 9.47 Å². The molecule has 0 atom stereocenters. The van der Waals surface area contributed by atoms with Gasteiger partial charge in [0.25, 0.3) is 0 Å². The summed E-state index contributed by atoms with van der Waals surface area (Å²) in [6.07, 6.45) is 0.948. The number of ether oxygens (including phenoxy) is 2. The SMILES string of the molecule is COc1ccc(CC(=O)NC2(C#N)CCOCC2)cc1F. The van der Waals surface area contributed by atoms with Crippen molar-refractivity contribution in [3.05, 3.63) is 29.6 Å². The maximum Gasteiger partial charge on any atom is 0.225 e. The van der Waals surface area contributed by atoms with Crippen molar-refractivity contribution in [2.75, 3.05) is 20.3 Å².